The van der Waals surface area contributed by atoms with Crippen LogP contribution >= 0.6 is 11.8 Å². The van der Waals surface area contributed by atoms with Crippen LogP contribution in [0.2, 0.25) is 0 Å². The van der Waals surface area contributed by atoms with Gasteiger partial charge in [0.05, 0.1) is 0 Å². The molecule has 17 heavy (non-hydrogen) atoms. The zero-order valence-corrected chi connectivity index (χ0v) is 11.7. The topological polar surface area (TPSA) is 46.2 Å². The van der Waals surface area contributed by atoms with Crippen molar-refractivity contribution in [1.82, 2.24) is 0 Å². The molecule has 3 unspecified atom stereocenters. The maximum atomic E-state index is 9.05. The molecule has 0 saturated carbocycles. The van der Waals surface area contributed by atoms with Gasteiger partial charge in [-0.05, 0) is 31.1 Å². The van der Waals surface area contributed by atoms with E-state index < -0.39 is 0 Å². The maximum Gasteiger partial charge on any atom is 0.0464 e. The van der Waals surface area contributed by atoms with Crippen LogP contribution in [0.4, 0.5) is 0 Å². The molecule has 0 aliphatic rings. The Kier molecular flexibility index (Phi) is 6.03. The van der Waals surface area contributed by atoms with E-state index in [0.717, 1.165) is 5.75 Å². The lowest BCUT2D eigenvalue weighted by Gasteiger charge is -2.22. The number of nitrogens with two attached hydrogens (primary N) is 1. The Balaban J connectivity index is 2.69. The summed E-state index contributed by atoms with van der Waals surface area (Å²) in [4.78, 5) is 0. The number of hydrogen-bond donors (Lipinski definition) is 2. The van der Waals surface area contributed by atoms with E-state index in [1.165, 1.54) is 11.1 Å². The summed E-state index contributed by atoms with van der Waals surface area (Å²) in [6.07, 6.45) is 0. The Bertz CT molecular complexity index is 323. The van der Waals surface area contributed by atoms with E-state index in [1.807, 2.05) is 18.7 Å². The van der Waals surface area contributed by atoms with Crippen LogP contribution in [-0.2, 0) is 0 Å². The predicted molar refractivity (Wildman–Crippen MR) is 76.3 cm³/mol. The molecule has 0 aliphatic heterocycles. The monoisotopic (exact) mass is 253 g/mol. The van der Waals surface area contributed by atoms with Crippen molar-refractivity contribution < 1.29 is 5.11 Å². The lowest BCUT2D eigenvalue weighted by atomic mass is 10.1. The van der Waals surface area contributed by atoms with Gasteiger partial charge in [-0.1, -0.05) is 36.8 Å². The lowest BCUT2D eigenvalue weighted by molar-refractivity contribution is 0.250. The van der Waals surface area contributed by atoms with Crippen molar-refractivity contribution >= 4 is 11.8 Å². The van der Waals surface area contributed by atoms with Gasteiger partial charge in [0.15, 0.2) is 0 Å². The third kappa shape index (κ3) is 4.70. The first-order valence-electron chi connectivity index (χ1n) is 6.09. The SMILES string of the molecule is Cc1ccc(C(SCC(C)CO)C(C)N)cc1. The molecule has 0 bridgehead atoms. The molecule has 0 heterocycles. The fraction of sp³-hybridized carbons (Fsp3) is 0.571. The average molecular weight is 253 g/mol. The summed E-state index contributed by atoms with van der Waals surface area (Å²) in [5.41, 5.74) is 8.60. The van der Waals surface area contributed by atoms with Gasteiger partial charge >= 0.3 is 0 Å². The summed E-state index contributed by atoms with van der Waals surface area (Å²) in [5, 5.41) is 9.36. The smallest absolute Gasteiger partial charge is 0.0464 e. The standard InChI is InChI=1S/C14H23NOS/c1-10-4-6-13(7-5-10)14(12(3)15)17-9-11(2)8-16/h4-7,11-12,14,16H,8-9,15H2,1-3H3. The van der Waals surface area contributed by atoms with Gasteiger partial charge in [-0.3, -0.25) is 0 Å². The second-order valence-electron chi connectivity index (χ2n) is 4.81. The number of aliphatic hydroxyl groups is 1. The van der Waals surface area contributed by atoms with E-state index >= 15 is 0 Å². The molecule has 0 spiro atoms. The van der Waals surface area contributed by atoms with Gasteiger partial charge in [0.25, 0.3) is 0 Å². The second kappa shape index (κ2) is 7.04. The Hall–Kier alpha value is -0.510. The van der Waals surface area contributed by atoms with Crippen LogP contribution in [0.1, 0.15) is 30.2 Å². The third-order valence-corrected chi connectivity index (χ3v) is 4.58. The lowest BCUT2D eigenvalue weighted by Crippen LogP contribution is -2.23. The molecule has 0 aliphatic carbocycles. The van der Waals surface area contributed by atoms with Crippen LogP contribution in [-0.4, -0.2) is 23.5 Å². The number of hydrogen-bond acceptors (Lipinski definition) is 3. The molecule has 1 aromatic carbocycles. The Morgan fingerprint density at radius 3 is 2.29 bits per heavy atom. The zero-order valence-electron chi connectivity index (χ0n) is 10.9. The number of benzene rings is 1. The Morgan fingerprint density at radius 2 is 1.82 bits per heavy atom. The highest BCUT2D eigenvalue weighted by Crippen LogP contribution is 2.32. The minimum absolute atomic E-state index is 0.119. The molecule has 0 fully saturated rings. The highest BCUT2D eigenvalue weighted by atomic mass is 32.2. The first kappa shape index (κ1) is 14.6. The number of thioether (sulfide) groups is 1. The van der Waals surface area contributed by atoms with E-state index in [2.05, 4.69) is 38.1 Å². The molecule has 1 aromatic rings. The zero-order chi connectivity index (χ0) is 12.8. The second-order valence-corrected chi connectivity index (χ2v) is 5.99. The van der Waals surface area contributed by atoms with Gasteiger partial charge < -0.3 is 10.8 Å². The molecule has 0 saturated heterocycles. The van der Waals surface area contributed by atoms with Crippen molar-refractivity contribution in [2.75, 3.05) is 12.4 Å². The van der Waals surface area contributed by atoms with Crippen molar-refractivity contribution in [3.63, 3.8) is 0 Å². The molecule has 3 atom stereocenters. The first-order chi connectivity index (χ1) is 8.04. The van der Waals surface area contributed by atoms with Gasteiger partial charge in [-0.15, -0.1) is 0 Å². The summed E-state index contributed by atoms with van der Waals surface area (Å²) >= 11 is 1.84. The molecule has 2 nitrogen and oxygen atoms in total. The van der Waals surface area contributed by atoms with Gasteiger partial charge in [-0.2, -0.15) is 11.8 Å². The van der Waals surface area contributed by atoms with Crippen LogP contribution in [0.5, 0.6) is 0 Å². The predicted octanol–water partition coefficient (Wildman–Crippen LogP) is 2.74. The minimum Gasteiger partial charge on any atom is -0.396 e. The molecular formula is C14H23NOS. The fourth-order valence-electron chi connectivity index (χ4n) is 1.63. The normalized spacial score (nSPS) is 16.5. The van der Waals surface area contributed by atoms with Crippen molar-refractivity contribution in [1.29, 1.82) is 0 Å². The van der Waals surface area contributed by atoms with Crippen molar-refractivity contribution in [2.24, 2.45) is 11.7 Å². The van der Waals surface area contributed by atoms with Gasteiger partial charge in [0.1, 0.15) is 0 Å². The number of aliphatic hydroxyl groups excluding tert-OH is 1. The average Bonchev–Trinajstić information content (AvgIpc) is 2.31. The van der Waals surface area contributed by atoms with E-state index in [9.17, 15) is 0 Å². The van der Waals surface area contributed by atoms with E-state index in [4.69, 9.17) is 10.8 Å². The fourth-order valence-corrected chi connectivity index (χ4v) is 2.92. The molecule has 0 radical (unpaired) electrons. The Labute approximate surface area is 109 Å². The van der Waals surface area contributed by atoms with Crippen molar-refractivity contribution in [3.8, 4) is 0 Å². The van der Waals surface area contributed by atoms with E-state index in [0.29, 0.717) is 11.2 Å². The molecule has 3 heteroatoms. The third-order valence-electron chi connectivity index (χ3n) is 2.76. The summed E-state index contributed by atoms with van der Waals surface area (Å²) in [7, 11) is 0. The maximum absolute atomic E-state index is 9.05. The number of rotatable bonds is 6. The van der Waals surface area contributed by atoms with Crippen molar-refractivity contribution in [3.05, 3.63) is 35.4 Å². The van der Waals surface area contributed by atoms with Gasteiger partial charge in [0.2, 0.25) is 0 Å². The highest BCUT2D eigenvalue weighted by Gasteiger charge is 2.17. The summed E-state index contributed by atoms with van der Waals surface area (Å²) < 4.78 is 0. The molecule has 96 valence electrons. The minimum atomic E-state index is 0.119. The van der Waals surface area contributed by atoms with Crippen LogP contribution in [0.25, 0.3) is 0 Å². The van der Waals surface area contributed by atoms with Crippen LogP contribution in [0.3, 0.4) is 0 Å². The van der Waals surface area contributed by atoms with Crippen LogP contribution in [0, 0.1) is 12.8 Å². The summed E-state index contributed by atoms with van der Waals surface area (Å²) in [5.74, 6) is 1.27. The molecular weight excluding hydrogens is 230 g/mol. The quantitative estimate of drug-likeness (QED) is 0.819. The summed E-state index contributed by atoms with van der Waals surface area (Å²) in [6, 6.07) is 8.68. The summed E-state index contributed by atoms with van der Waals surface area (Å²) in [6.45, 7) is 6.43. The molecule has 3 N–H and O–H groups in total. The van der Waals surface area contributed by atoms with Gasteiger partial charge in [0, 0.05) is 17.9 Å². The van der Waals surface area contributed by atoms with E-state index in [-0.39, 0.29) is 12.6 Å². The van der Waals surface area contributed by atoms with Crippen molar-refractivity contribution in [2.45, 2.75) is 32.1 Å². The molecule has 1 rings (SSSR count). The molecule has 0 amide bonds. The largest absolute Gasteiger partial charge is 0.396 e. The van der Waals surface area contributed by atoms with Crippen LogP contribution in [0.15, 0.2) is 24.3 Å². The van der Waals surface area contributed by atoms with Gasteiger partial charge in [-0.25, -0.2) is 0 Å². The van der Waals surface area contributed by atoms with E-state index in [1.54, 1.807) is 0 Å². The first-order valence-corrected chi connectivity index (χ1v) is 7.14. The molecule has 0 aromatic heterocycles. The highest BCUT2D eigenvalue weighted by molar-refractivity contribution is 7.99. The number of aryl methyl sites for hydroxylation is 1. The Morgan fingerprint density at radius 1 is 1.24 bits per heavy atom. The van der Waals surface area contributed by atoms with Crippen LogP contribution < -0.4 is 5.73 Å².